The summed E-state index contributed by atoms with van der Waals surface area (Å²) < 4.78 is 3.94. The van der Waals surface area contributed by atoms with Crippen molar-refractivity contribution in [3.05, 3.63) is 79.5 Å². The van der Waals surface area contributed by atoms with Crippen molar-refractivity contribution in [3.8, 4) is 0 Å². The standard InChI is InChI=1S/C22H22ClN5O3/c1-13(2)11-24-19(29)14-8-9-16-18(10-14)28-21(26(3)20(16)30)25-27(22(28)31)12-15-6-4-5-7-17(15)23/h4-10,13H,11-12H2,1-3H3,(H,24,29). The first-order chi connectivity index (χ1) is 14.8. The zero-order valence-corrected chi connectivity index (χ0v) is 18.2. The summed E-state index contributed by atoms with van der Waals surface area (Å²) in [5, 5.41) is 8.07. The molecule has 1 amide bonds. The third-order valence-electron chi connectivity index (χ3n) is 5.11. The van der Waals surface area contributed by atoms with E-state index in [1.54, 1.807) is 37.4 Å². The second-order valence-corrected chi connectivity index (χ2v) is 8.27. The van der Waals surface area contributed by atoms with Crippen LogP contribution in [0.25, 0.3) is 16.7 Å². The van der Waals surface area contributed by atoms with Crippen LogP contribution in [0.3, 0.4) is 0 Å². The third kappa shape index (κ3) is 3.74. The molecule has 1 N–H and O–H groups in total. The molecule has 9 heteroatoms. The number of rotatable bonds is 5. The van der Waals surface area contributed by atoms with E-state index in [1.165, 1.54) is 13.6 Å². The van der Waals surface area contributed by atoms with E-state index >= 15 is 0 Å². The lowest BCUT2D eigenvalue weighted by atomic mass is 10.1. The van der Waals surface area contributed by atoms with Crippen molar-refractivity contribution in [2.45, 2.75) is 20.4 Å². The quantitative estimate of drug-likeness (QED) is 0.517. The molecule has 0 bridgehead atoms. The molecule has 0 spiro atoms. The van der Waals surface area contributed by atoms with Gasteiger partial charge in [-0.3, -0.25) is 14.2 Å². The summed E-state index contributed by atoms with van der Waals surface area (Å²) in [6.45, 7) is 4.69. The van der Waals surface area contributed by atoms with Gasteiger partial charge in [-0.2, -0.15) is 0 Å². The number of aryl methyl sites for hydroxylation is 1. The predicted octanol–water partition coefficient (Wildman–Crippen LogP) is 2.44. The maximum Gasteiger partial charge on any atom is 0.352 e. The van der Waals surface area contributed by atoms with Crippen molar-refractivity contribution in [1.82, 2.24) is 24.1 Å². The summed E-state index contributed by atoms with van der Waals surface area (Å²) in [7, 11) is 1.56. The molecule has 0 saturated heterocycles. The Kier molecular flexibility index (Phi) is 5.41. The highest BCUT2D eigenvalue weighted by molar-refractivity contribution is 6.31. The predicted molar refractivity (Wildman–Crippen MR) is 120 cm³/mol. The number of halogens is 1. The van der Waals surface area contributed by atoms with Crippen LogP contribution in [0.15, 0.2) is 52.1 Å². The Morgan fingerprint density at radius 3 is 2.61 bits per heavy atom. The number of carbonyl (C=O) groups excluding carboxylic acids is 1. The number of benzene rings is 2. The molecular formula is C22H22ClN5O3. The lowest BCUT2D eigenvalue weighted by molar-refractivity contribution is 0.0949. The second kappa shape index (κ2) is 8.03. The van der Waals surface area contributed by atoms with Gasteiger partial charge in [-0.1, -0.05) is 43.6 Å². The molecule has 0 fully saturated rings. The van der Waals surface area contributed by atoms with Crippen LogP contribution in [0.5, 0.6) is 0 Å². The van der Waals surface area contributed by atoms with Crippen molar-refractivity contribution in [2.24, 2.45) is 13.0 Å². The van der Waals surface area contributed by atoms with Gasteiger partial charge in [0.05, 0.1) is 17.4 Å². The molecule has 4 rings (SSSR count). The second-order valence-electron chi connectivity index (χ2n) is 7.87. The van der Waals surface area contributed by atoms with Crippen LogP contribution in [-0.2, 0) is 13.6 Å². The number of fused-ring (bicyclic) bond motifs is 3. The highest BCUT2D eigenvalue weighted by atomic mass is 35.5. The van der Waals surface area contributed by atoms with Gasteiger partial charge >= 0.3 is 5.69 Å². The van der Waals surface area contributed by atoms with Gasteiger partial charge < -0.3 is 5.32 Å². The van der Waals surface area contributed by atoms with Crippen LogP contribution in [0.4, 0.5) is 0 Å². The maximum absolute atomic E-state index is 13.2. The molecule has 8 nitrogen and oxygen atoms in total. The summed E-state index contributed by atoms with van der Waals surface area (Å²) >= 11 is 6.23. The van der Waals surface area contributed by atoms with Crippen LogP contribution < -0.4 is 16.6 Å². The number of aromatic nitrogens is 4. The molecule has 0 atom stereocenters. The Morgan fingerprint density at radius 2 is 1.90 bits per heavy atom. The minimum absolute atomic E-state index is 0.157. The number of hydrogen-bond donors (Lipinski definition) is 1. The zero-order chi connectivity index (χ0) is 22.3. The van der Waals surface area contributed by atoms with Crippen LogP contribution in [0.1, 0.15) is 29.8 Å². The fraction of sp³-hybridized carbons (Fsp3) is 0.273. The minimum atomic E-state index is -0.421. The number of amides is 1. The van der Waals surface area contributed by atoms with Gasteiger partial charge in [0.25, 0.3) is 11.5 Å². The van der Waals surface area contributed by atoms with Gasteiger partial charge in [0.2, 0.25) is 5.78 Å². The lowest BCUT2D eigenvalue weighted by Crippen LogP contribution is -2.28. The van der Waals surface area contributed by atoms with Crippen molar-refractivity contribution in [3.63, 3.8) is 0 Å². The SMILES string of the molecule is CC(C)CNC(=O)c1ccc2c(=O)n(C)c3nn(Cc4ccccc4Cl)c(=O)n3c2c1. The highest BCUT2D eigenvalue weighted by Crippen LogP contribution is 2.17. The summed E-state index contributed by atoms with van der Waals surface area (Å²) in [4.78, 5) is 38.6. The molecular weight excluding hydrogens is 418 g/mol. The van der Waals surface area contributed by atoms with Crippen LogP contribution >= 0.6 is 11.6 Å². The topological polar surface area (TPSA) is 90.4 Å². The maximum atomic E-state index is 13.2. The zero-order valence-electron chi connectivity index (χ0n) is 17.4. The van der Waals surface area contributed by atoms with Crippen molar-refractivity contribution >= 4 is 34.2 Å². The number of hydrogen-bond acceptors (Lipinski definition) is 4. The van der Waals surface area contributed by atoms with E-state index in [-0.39, 0.29) is 23.8 Å². The average molecular weight is 440 g/mol. The van der Waals surface area contributed by atoms with Gasteiger partial charge in [-0.05, 0) is 35.7 Å². The Hall–Kier alpha value is -3.39. The Morgan fingerprint density at radius 1 is 1.16 bits per heavy atom. The molecule has 31 heavy (non-hydrogen) atoms. The molecule has 0 aliphatic carbocycles. The van der Waals surface area contributed by atoms with Crippen molar-refractivity contribution < 1.29 is 4.79 Å². The highest BCUT2D eigenvalue weighted by Gasteiger charge is 2.18. The number of nitrogens with one attached hydrogen (secondary N) is 1. The Labute approximate surface area is 182 Å². The molecule has 160 valence electrons. The molecule has 0 radical (unpaired) electrons. The smallest absolute Gasteiger partial charge is 0.352 e. The summed E-state index contributed by atoms with van der Waals surface area (Å²) in [6.07, 6.45) is 0. The fourth-order valence-electron chi connectivity index (χ4n) is 3.42. The van der Waals surface area contributed by atoms with E-state index in [9.17, 15) is 14.4 Å². The number of nitrogens with zero attached hydrogens (tertiary/aromatic N) is 4. The molecule has 0 aliphatic rings. The molecule has 2 aromatic carbocycles. The van der Waals surface area contributed by atoms with E-state index < -0.39 is 5.69 Å². The molecule has 0 aliphatic heterocycles. The molecule has 0 saturated carbocycles. The van der Waals surface area contributed by atoms with E-state index in [0.29, 0.717) is 34.0 Å². The van der Waals surface area contributed by atoms with Gasteiger partial charge in [-0.25, -0.2) is 13.9 Å². The number of carbonyl (C=O) groups is 1. The summed E-state index contributed by atoms with van der Waals surface area (Å²) in [5.74, 6) is 0.226. The van der Waals surface area contributed by atoms with Crippen LogP contribution in [0, 0.1) is 5.92 Å². The van der Waals surface area contributed by atoms with Gasteiger partial charge in [0.1, 0.15) is 0 Å². The fourth-order valence-corrected chi connectivity index (χ4v) is 3.62. The van der Waals surface area contributed by atoms with E-state index in [0.717, 1.165) is 5.56 Å². The monoisotopic (exact) mass is 439 g/mol. The van der Waals surface area contributed by atoms with Gasteiger partial charge in [-0.15, -0.1) is 5.10 Å². The van der Waals surface area contributed by atoms with Crippen LogP contribution in [0.2, 0.25) is 5.02 Å². The Bertz CT molecular complexity index is 1430. The summed E-state index contributed by atoms with van der Waals surface area (Å²) in [6, 6.07) is 11.9. The first-order valence-electron chi connectivity index (χ1n) is 9.92. The van der Waals surface area contributed by atoms with Crippen LogP contribution in [-0.4, -0.2) is 31.2 Å². The normalized spacial score (nSPS) is 11.5. The van der Waals surface area contributed by atoms with E-state index in [2.05, 4.69) is 10.4 Å². The Balaban J connectivity index is 1.90. The van der Waals surface area contributed by atoms with Crippen molar-refractivity contribution in [1.29, 1.82) is 0 Å². The van der Waals surface area contributed by atoms with E-state index in [1.807, 2.05) is 26.0 Å². The first kappa shape index (κ1) is 20.9. The van der Waals surface area contributed by atoms with Gasteiger partial charge in [0.15, 0.2) is 0 Å². The molecule has 4 aromatic rings. The minimum Gasteiger partial charge on any atom is -0.352 e. The van der Waals surface area contributed by atoms with Crippen molar-refractivity contribution in [2.75, 3.05) is 6.54 Å². The molecule has 2 aromatic heterocycles. The molecule has 2 heterocycles. The van der Waals surface area contributed by atoms with E-state index in [4.69, 9.17) is 11.6 Å². The average Bonchev–Trinajstić information content (AvgIpc) is 3.08. The molecule has 0 unspecified atom stereocenters. The summed E-state index contributed by atoms with van der Waals surface area (Å²) in [5.41, 5.74) is 0.721. The van der Waals surface area contributed by atoms with Gasteiger partial charge in [0, 0.05) is 24.2 Å². The lowest BCUT2D eigenvalue weighted by Gasteiger charge is -2.09. The largest absolute Gasteiger partial charge is 0.352 e. The first-order valence-corrected chi connectivity index (χ1v) is 10.3. The third-order valence-corrected chi connectivity index (χ3v) is 5.48.